The molecule has 1 amide bonds. The van der Waals surface area contributed by atoms with Crippen molar-refractivity contribution < 1.29 is 9.53 Å². The molecule has 0 aromatic carbocycles. The van der Waals surface area contributed by atoms with Crippen LogP contribution in [-0.4, -0.2) is 45.9 Å². The summed E-state index contributed by atoms with van der Waals surface area (Å²) in [5.41, 5.74) is 1.65. The van der Waals surface area contributed by atoms with Gasteiger partial charge in [-0.2, -0.15) is 5.10 Å². The molecule has 23 heavy (non-hydrogen) atoms. The lowest BCUT2D eigenvalue weighted by Gasteiger charge is -2.36. The number of amides is 1. The maximum atomic E-state index is 12.4. The van der Waals surface area contributed by atoms with Gasteiger partial charge in [-0.15, -0.1) is 0 Å². The van der Waals surface area contributed by atoms with Crippen molar-refractivity contribution in [1.82, 2.24) is 14.7 Å². The van der Waals surface area contributed by atoms with Gasteiger partial charge in [0.1, 0.15) is 5.15 Å². The van der Waals surface area contributed by atoms with Crippen molar-refractivity contribution in [2.45, 2.75) is 53.3 Å². The second-order valence-corrected chi connectivity index (χ2v) is 7.04. The van der Waals surface area contributed by atoms with Crippen LogP contribution in [0.3, 0.4) is 0 Å². The summed E-state index contributed by atoms with van der Waals surface area (Å²) < 4.78 is 7.36. The molecule has 5 nitrogen and oxygen atoms in total. The molecule has 1 aliphatic rings. The predicted octanol–water partition coefficient (Wildman–Crippen LogP) is 3.15. The lowest BCUT2D eigenvalue weighted by atomic mass is 10.2. The van der Waals surface area contributed by atoms with Crippen LogP contribution in [0, 0.1) is 12.8 Å². The van der Waals surface area contributed by atoms with Gasteiger partial charge >= 0.3 is 0 Å². The summed E-state index contributed by atoms with van der Waals surface area (Å²) in [5.74, 6) is 0.445. The van der Waals surface area contributed by atoms with Crippen molar-refractivity contribution in [3.8, 4) is 0 Å². The summed E-state index contributed by atoms with van der Waals surface area (Å²) in [6.45, 7) is 12.1. The van der Waals surface area contributed by atoms with Crippen LogP contribution in [-0.2, 0) is 16.1 Å². The smallest absolute Gasteiger partial charge is 0.246 e. The molecule has 1 fully saturated rings. The Bertz CT molecular complexity index is 595. The number of carbonyl (C=O) groups excluding carboxylic acids is 1. The molecule has 1 aromatic heterocycles. The van der Waals surface area contributed by atoms with E-state index in [2.05, 4.69) is 18.9 Å². The normalized spacial score (nSPS) is 22.3. The summed E-state index contributed by atoms with van der Waals surface area (Å²) in [5, 5.41) is 5.04. The van der Waals surface area contributed by atoms with E-state index in [4.69, 9.17) is 16.3 Å². The lowest BCUT2D eigenvalue weighted by molar-refractivity contribution is -0.137. The molecule has 0 radical (unpaired) electrons. The average Bonchev–Trinajstić information content (AvgIpc) is 2.73. The third-order valence-electron chi connectivity index (χ3n) is 3.93. The minimum atomic E-state index is -0.0141. The highest BCUT2D eigenvalue weighted by atomic mass is 35.5. The van der Waals surface area contributed by atoms with Gasteiger partial charge in [0.05, 0.1) is 24.4 Å². The Labute approximate surface area is 143 Å². The Morgan fingerprint density at radius 2 is 2.17 bits per heavy atom. The molecule has 6 heteroatoms. The van der Waals surface area contributed by atoms with Crippen molar-refractivity contribution in [3.63, 3.8) is 0 Å². The number of aromatic nitrogens is 2. The van der Waals surface area contributed by atoms with Crippen LogP contribution in [0.25, 0.3) is 6.08 Å². The fourth-order valence-electron chi connectivity index (χ4n) is 2.68. The number of rotatable bonds is 4. The molecule has 0 spiro atoms. The minimum absolute atomic E-state index is 0.0141. The first-order valence-corrected chi connectivity index (χ1v) is 8.50. The van der Waals surface area contributed by atoms with Crippen LogP contribution in [0.4, 0.5) is 0 Å². The van der Waals surface area contributed by atoms with Crippen molar-refractivity contribution in [2.75, 3.05) is 13.2 Å². The SMILES string of the molecule is Cc1nn(CC(C)C)c(Cl)c1/C=C/C(=O)N1CC(C)OCC1C. The molecule has 128 valence electrons. The highest BCUT2D eigenvalue weighted by Gasteiger charge is 2.26. The third-order valence-corrected chi connectivity index (χ3v) is 4.33. The molecule has 2 heterocycles. The van der Waals surface area contributed by atoms with Gasteiger partial charge in [-0.3, -0.25) is 9.48 Å². The summed E-state index contributed by atoms with van der Waals surface area (Å²) in [6.07, 6.45) is 3.43. The van der Waals surface area contributed by atoms with Crippen molar-refractivity contribution in [3.05, 3.63) is 22.5 Å². The molecule has 2 rings (SSSR count). The van der Waals surface area contributed by atoms with E-state index in [0.717, 1.165) is 17.8 Å². The fourth-order valence-corrected chi connectivity index (χ4v) is 2.99. The fraction of sp³-hybridized carbons (Fsp3) is 0.647. The third kappa shape index (κ3) is 4.36. The first-order chi connectivity index (χ1) is 10.8. The van der Waals surface area contributed by atoms with Crippen molar-refractivity contribution in [2.24, 2.45) is 5.92 Å². The Morgan fingerprint density at radius 3 is 2.83 bits per heavy atom. The first kappa shape index (κ1) is 18.0. The van der Waals surface area contributed by atoms with Gasteiger partial charge in [0.2, 0.25) is 5.91 Å². The van der Waals surface area contributed by atoms with Crippen LogP contribution >= 0.6 is 11.6 Å². The molecule has 0 saturated carbocycles. The Kier molecular flexibility index (Phi) is 5.87. The Hall–Kier alpha value is -1.33. The van der Waals surface area contributed by atoms with E-state index in [1.165, 1.54) is 0 Å². The number of morpholine rings is 1. The average molecular weight is 340 g/mol. The van der Waals surface area contributed by atoms with Gasteiger partial charge in [0.25, 0.3) is 0 Å². The van der Waals surface area contributed by atoms with E-state index in [0.29, 0.717) is 24.2 Å². The van der Waals surface area contributed by atoms with E-state index in [1.807, 2.05) is 25.7 Å². The molecular weight excluding hydrogens is 314 g/mol. The van der Waals surface area contributed by atoms with E-state index in [1.54, 1.807) is 16.8 Å². The zero-order valence-corrected chi connectivity index (χ0v) is 15.3. The van der Waals surface area contributed by atoms with Gasteiger partial charge in [-0.1, -0.05) is 25.4 Å². The number of hydrogen-bond acceptors (Lipinski definition) is 3. The van der Waals surface area contributed by atoms with E-state index >= 15 is 0 Å². The summed E-state index contributed by atoms with van der Waals surface area (Å²) >= 11 is 6.40. The topological polar surface area (TPSA) is 47.4 Å². The number of halogens is 1. The Balaban J connectivity index is 2.13. The molecule has 1 aliphatic heterocycles. The highest BCUT2D eigenvalue weighted by Crippen LogP contribution is 2.22. The Morgan fingerprint density at radius 1 is 1.48 bits per heavy atom. The molecule has 2 atom stereocenters. The monoisotopic (exact) mass is 339 g/mol. The van der Waals surface area contributed by atoms with Crippen LogP contribution in [0.1, 0.15) is 39.0 Å². The van der Waals surface area contributed by atoms with Gasteiger partial charge in [-0.25, -0.2) is 0 Å². The van der Waals surface area contributed by atoms with Crippen LogP contribution < -0.4 is 0 Å². The molecular formula is C17H26ClN3O2. The zero-order valence-electron chi connectivity index (χ0n) is 14.5. The van der Waals surface area contributed by atoms with Crippen molar-refractivity contribution in [1.29, 1.82) is 0 Å². The molecule has 0 aliphatic carbocycles. The summed E-state index contributed by atoms with van der Waals surface area (Å²) in [6, 6.07) is 0.0867. The van der Waals surface area contributed by atoms with E-state index < -0.39 is 0 Å². The number of carbonyl (C=O) groups is 1. The highest BCUT2D eigenvalue weighted by molar-refractivity contribution is 6.31. The van der Waals surface area contributed by atoms with Gasteiger partial charge < -0.3 is 9.64 Å². The summed E-state index contributed by atoms with van der Waals surface area (Å²) in [4.78, 5) is 14.3. The minimum Gasteiger partial charge on any atom is -0.375 e. The first-order valence-electron chi connectivity index (χ1n) is 8.12. The lowest BCUT2D eigenvalue weighted by Crippen LogP contribution is -2.49. The molecule has 1 aromatic rings. The van der Waals surface area contributed by atoms with E-state index in [9.17, 15) is 4.79 Å². The molecule has 1 saturated heterocycles. The standard InChI is InChI=1S/C17H26ClN3O2/c1-11(2)8-21-17(18)15(14(5)19-21)6-7-16(22)20-9-13(4)23-10-12(20)3/h6-7,11-13H,8-10H2,1-5H3/b7-6+. The second-order valence-electron chi connectivity index (χ2n) is 6.68. The number of nitrogens with zero attached hydrogens (tertiary/aromatic N) is 3. The second kappa shape index (κ2) is 7.49. The van der Waals surface area contributed by atoms with E-state index in [-0.39, 0.29) is 18.1 Å². The van der Waals surface area contributed by atoms with Crippen LogP contribution in [0.2, 0.25) is 5.15 Å². The van der Waals surface area contributed by atoms with Gasteiger partial charge in [0.15, 0.2) is 0 Å². The maximum Gasteiger partial charge on any atom is 0.246 e. The summed E-state index contributed by atoms with van der Waals surface area (Å²) in [7, 11) is 0. The molecule has 2 unspecified atom stereocenters. The van der Waals surface area contributed by atoms with Crippen LogP contribution in [0.15, 0.2) is 6.08 Å². The number of aryl methyl sites for hydroxylation is 1. The van der Waals surface area contributed by atoms with Crippen molar-refractivity contribution >= 4 is 23.6 Å². The maximum absolute atomic E-state index is 12.4. The largest absolute Gasteiger partial charge is 0.375 e. The van der Waals surface area contributed by atoms with Gasteiger partial charge in [0, 0.05) is 24.7 Å². The number of hydrogen-bond donors (Lipinski definition) is 0. The zero-order chi connectivity index (χ0) is 17.1. The van der Waals surface area contributed by atoms with Gasteiger partial charge in [-0.05, 0) is 32.8 Å². The molecule has 0 N–H and O–H groups in total. The molecule has 0 bridgehead atoms. The number of ether oxygens (including phenoxy) is 1. The van der Waals surface area contributed by atoms with Crippen LogP contribution in [0.5, 0.6) is 0 Å². The quantitative estimate of drug-likeness (QED) is 0.792. The predicted molar refractivity (Wildman–Crippen MR) is 92.4 cm³/mol.